The van der Waals surface area contributed by atoms with Gasteiger partial charge in [-0.1, -0.05) is 13.8 Å². The molecular weight excluding hydrogens is 226 g/mol. The zero-order valence-electron chi connectivity index (χ0n) is 11.1. The quantitative estimate of drug-likeness (QED) is 0.887. The molecule has 0 atom stereocenters. The van der Waals surface area contributed by atoms with Crippen molar-refractivity contribution in [3.05, 3.63) is 35.0 Å². The Morgan fingerprint density at radius 3 is 2.56 bits per heavy atom. The molecule has 0 aromatic carbocycles. The summed E-state index contributed by atoms with van der Waals surface area (Å²) in [5.74, 6) is 0.814. The maximum absolute atomic E-state index is 5.84. The van der Waals surface area contributed by atoms with Gasteiger partial charge in [-0.15, -0.1) is 0 Å². The number of aryl methyl sites for hydroxylation is 2. The van der Waals surface area contributed by atoms with Crippen molar-refractivity contribution in [2.45, 2.75) is 40.2 Å². The predicted molar refractivity (Wildman–Crippen MR) is 70.5 cm³/mol. The minimum absolute atomic E-state index is 0.524. The van der Waals surface area contributed by atoms with Gasteiger partial charge in [0, 0.05) is 23.9 Å². The van der Waals surface area contributed by atoms with Crippen molar-refractivity contribution in [2.75, 3.05) is 0 Å². The topological polar surface area (TPSA) is 69.6 Å². The second-order valence-corrected chi connectivity index (χ2v) is 4.21. The first-order valence-corrected chi connectivity index (χ1v) is 6.29. The second kappa shape index (κ2) is 5.27. The van der Waals surface area contributed by atoms with E-state index in [0.29, 0.717) is 6.54 Å². The highest BCUT2D eigenvalue weighted by molar-refractivity contribution is 5.34. The summed E-state index contributed by atoms with van der Waals surface area (Å²) in [7, 11) is 0. The van der Waals surface area contributed by atoms with E-state index in [1.54, 1.807) is 6.33 Å². The molecule has 0 amide bonds. The molecule has 5 nitrogen and oxygen atoms in total. The third-order valence-corrected chi connectivity index (χ3v) is 3.05. The number of hydrogen-bond acceptors (Lipinski definition) is 4. The highest BCUT2D eigenvalue weighted by atomic mass is 15.3. The lowest BCUT2D eigenvalue weighted by molar-refractivity contribution is 0.765. The van der Waals surface area contributed by atoms with Crippen molar-refractivity contribution >= 4 is 0 Å². The van der Waals surface area contributed by atoms with Gasteiger partial charge in [0.15, 0.2) is 5.82 Å². The van der Waals surface area contributed by atoms with Crippen LogP contribution in [0.5, 0.6) is 0 Å². The van der Waals surface area contributed by atoms with Crippen molar-refractivity contribution in [3.63, 3.8) is 0 Å². The standard InChI is InChI=1S/C13H19N5/c1-4-11-10(7-14)12(5-2)18(17-11)13-6-9(3)15-8-16-13/h6,8H,4-5,7,14H2,1-3H3. The number of nitrogens with two attached hydrogens (primary N) is 1. The molecule has 0 aliphatic heterocycles. The lowest BCUT2D eigenvalue weighted by Crippen LogP contribution is -2.07. The van der Waals surface area contributed by atoms with Crippen LogP contribution in [0.3, 0.4) is 0 Å². The van der Waals surface area contributed by atoms with Crippen LogP contribution < -0.4 is 5.73 Å². The molecule has 0 spiro atoms. The Labute approximate surface area is 107 Å². The Morgan fingerprint density at radius 2 is 2.00 bits per heavy atom. The lowest BCUT2D eigenvalue weighted by atomic mass is 10.1. The highest BCUT2D eigenvalue weighted by Crippen LogP contribution is 2.19. The molecular formula is C13H19N5. The molecule has 2 rings (SSSR count). The summed E-state index contributed by atoms with van der Waals surface area (Å²) in [6.07, 6.45) is 3.35. The molecule has 2 N–H and O–H groups in total. The molecule has 2 heterocycles. The van der Waals surface area contributed by atoms with E-state index in [1.807, 2.05) is 17.7 Å². The molecule has 0 aliphatic rings. The van der Waals surface area contributed by atoms with Crippen molar-refractivity contribution in [1.82, 2.24) is 19.7 Å². The minimum Gasteiger partial charge on any atom is -0.326 e. The Morgan fingerprint density at radius 1 is 1.22 bits per heavy atom. The summed E-state index contributed by atoms with van der Waals surface area (Å²) in [5, 5.41) is 4.63. The van der Waals surface area contributed by atoms with Gasteiger partial charge in [0.05, 0.1) is 11.4 Å². The zero-order valence-corrected chi connectivity index (χ0v) is 11.1. The van der Waals surface area contributed by atoms with E-state index >= 15 is 0 Å². The Balaban J connectivity index is 2.60. The number of rotatable bonds is 4. The molecule has 96 valence electrons. The van der Waals surface area contributed by atoms with Gasteiger partial charge in [-0.3, -0.25) is 0 Å². The van der Waals surface area contributed by atoms with Gasteiger partial charge in [-0.25, -0.2) is 14.6 Å². The fourth-order valence-electron chi connectivity index (χ4n) is 2.16. The van der Waals surface area contributed by atoms with Crippen molar-refractivity contribution in [1.29, 1.82) is 0 Å². The van der Waals surface area contributed by atoms with Gasteiger partial charge in [0.1, 0.15) is 6.33 Å². The van der Waals surface area contributed by atoms with E-state index in [1.165, 1.54) is 0 Å². The van der Waals surface area contributed by atoms with E-state index in [9.17, 15) is 0 Å². The Kier molecular flexibility index (Phi) is 3.72. The predicted octanol–water partition coefficient (Wildman–Crippen LogP) is 1.55. The van der Waals surface area contributed by atoms with Crippen LogP contribution >= 0.6 is 0 Å². The Hall–Kier alpha value is -1.75. The maximum atomic E-state index is 5.84. The number of nitrogens with zero attached hydrogens (tertiary/aromatic N) is 4. The van der Waals surface area contributed by atoms with E-state index in [-0.39, 0.29) is 0 Å². The summed E-state index contributed by atoms with van der Waals surface area (Å²) in [5.41, 5.74) is 10.1. The van der Waals surface area contributed by atoms with Crippen molar-refractivity contribution < 1.29 is 0 Å². The van der Waals surface area contributed by atoms with Crippen LogP contribution in [0.15, 0.2) is 12.4 Å². The zero-order chi connectivity index (χ0) is 13.1. The third-order valence-electron chi connectivity index (χ3n) is 3.05. The number of aromatic nitrogens is 4. The summed E-state index contributed by atoms with van der Waals surface area (Å²) >= 11 is 0. The van der Waals surface area contributed by atoms with Gasteiger partial charge in [-0.05, 0) is 19.8 Å². The molecule has 0 aliphatic carbocycles. The van der Waals surface area contributed by atoms with E-state index in [2.05, 4.69) is 28.9 Å². The largest absolute Gasteiger partial charge is 0.326 e. The molecule has 0 unspecified atom stereocenters. The first-order chi connectivity index (χ1) is 8.71. The van der Waals surface area contributed by atoms with Crippen LogP contribution in [-0.2, 0) is 19.4 Å². The van der Waals surface area contributed by atoms with E-state index in [0.717, 1.165) is 41.3 Å². The normalized spacial score (nSPS) is 10.9. The molecule has 5 heteroatoms. The van der Waals surface area contributed by atoms with Crippen LogP contribution in [0.4, 0.5) is 0 Å². The van der Waals surface area contributed by atoms with Crippen LogP contribution in [0, 0.1) is 6.92 Å². The SMILES string of the molecule is CCc1nn(-c2cc(C)ncn2)c(CC)c1CN. The molecule has 0 bridgehead atoms. The number of hydrogen-bond donors (Lipinski definition) is 1. The van der Waals surface area contributed by atoms with Crippen molar-refractivity contribution in [3.8, 4) is 5.82 Å². The average molecular weight is 245 g/mol. The molecule has 0 radical (unpaired) electrons. The van der Waals surface area contributed by atoms with Gasteiger partial charge < -0.3 is 5.73 Å². The highest BCUT2D eigenvalue weighted by Gasteiger charge is 2.15. The molecule has 18 heavy (non-hydrogen) atoms. The summed E-state index contributed by atoms with van der Waals surface area (Å²) in [6.45, 7) is 6.68. The molecule has 0 saturated heterocycles. The van der Waals surface area contributed by atoms with E-state index < -0.39 is 0 Å². The average Bonchev–Trinajstić information content (AvgIpc) is 2.76. The molecule has 2 aromatic heterocycles. The molecule has 0 saturated carbocycles. The van der Waals surface area contributed by atoms with Gasteiger partial charge in [0.25, 0.3) is 0 Å². The van der Waals surface area contributed by atoms with Crippen LogP contribution in [0.2, 0.25) is 0 Å². The van der Waals surface area contributed by atoms with Crippen LogP contribution in [0.25, 0.3) is 5.82 Å². The van der Waals surface area contributed by atoms with Crippen molar-refractivity contribution in [2.24, 2.45) is 5.73 Å². The fourth-order valence-corrected chi connectivity index (χ4v) is 2.16. The minimum atomic E-state index is 0.524. The van der Waals surface area contributed by atoms with E-state index in [4.69, 9.17) is 5.73 Å². The van der Waals surface area contributed by atoms with Crippen LogP contribution in [-0.4, -0.2) is 19.7 Å². The molecule has 2 aromatic rings. The summed E-state index contributed by atoms with van der Waals surface area (Å²) in [6, 6.07) is 1.94. The van der Waals surface area contributed by atoms with Crippen LogP contribution in [0.1, 0.15) is 36.5 Å². The first-order valence-electron chi connectivity index (χ1n) is 6.29. The third kappa shape index (κ3) is 2.13. The smallest absolute Gasteiger partial charge is 0.157 e. The van der Waals surface area contributed by atoms with Gasteiger partial charge in [0.2, 0.25) is 0 Å². The molecule has 0 fully saturated rings. The Bertz CT molecular complexity index is 544. The second-order valence-electron chi connectivity index (χ2n) is 4.21. The fraction of sp³-hybridized carbons (Fsp3) is 0.462. The summed E-state index contributed by atoms with van der Waals surface area (Å²) in [4.78, 5) is 8.40. The summed E-state index contributed by atoms with van der Waals surface area (Å²) < 4.78 is 1.90. The lowest BCUT2D eigenvalue weighted by Gasteiger charge is -2.06. The van der Waals surface area contributed by atoms with Gasteiger partial charge in [-0.2, -0.15) is 5.10 Å². The first kappa shape index (κ1) is 12.7. The monoisotopic (exact) mass is 245 g/mol. The van der Waals surface area contributed by atoms with Gasteiger partial charge >= 0.3 is 0 Å². The maximum Gasteiger partial charge on any atom is 0.157 e.